The molecule has 0 bridgehead atoms. The van der Waals surface area contributed by atoms with Crippen LogP contribution in [0.25, 0.3) is 0 Å². The molecule has 6 nitrogen and oxygen atoms in total. The number of nitrogens with one attached hydrogen (secondary N) is 2. The SMILES string of the molecule is CC(=O)NCCCCCC(=O)N(C)CC(=O)Nc1c(C)cccc1C. The number of para-hydroxylation sites is 1. The molecule has 0 unspecified atom stereocenters. The lowest BCUT2D eigenvalue weighted by Gasteiger charge is -2.18. The van der Waals surface area contributed by atoms with Gasteiger partial charge in [-0.15, -0.1) is 0 Å². The third-order valence-corrected chi connectivity index (χ3v) is 3.99. The average Bonchev–Trinajstić information content (AvgIpc) is 2.53. The molecule has 0 aliphatic carbocycles. The first kappa shape index (κ1) is 20.7. The van der Waals surface area contributed by atoms with Crippen LogP contribution in [-0.4, -0.2) is 42.8 Å². The van der Waals surface area contributed by atoms with Gasteiger partial charge >= 0.3 is 0 Å². The molecule has 0 heterocycles. The van der Waals surface area contributed by atoms with Crippen LogP contribution in [0, 0.1) is 13.8 Å². The minimum absolute atomic E-state index is 0.0364. The number of amides is 3. The van der Waals surface area contributed by atoms with Gasteiger partial charge in [0.05, 0.1) is 6.54 Å². The van der Waals surface area contributed by atoms with E-state index in [-0.39, 0.29) is 24.3 Å². The van der Waals surface area contributed by atoms with E-state index in [0.717, 1.165) is 36.1 Å². The van der Waals surface area contributed by atoms with Gasteiger partial charge in [-0.2, -0.15) is 0 Å². The molecule has 0 atom stereocenters. The smallest absolute Gasteiger partial charge is 0.243 e. The van der Waals surface area contributed by atoms with E-state index in [1.807, 2.05) is 32.0 Å². The molecular formula is C19H29N3O3. The lowest BCUT2D eigenvalue weighted by atomic mass is 10.1. The highest BCUT2D eigenvalue weighted by Crippen LogP contribution is 2.19. The van der Waals surface area contributed by atoms with Crippen molar-refractivity contribution in [2.75, 3.05) is 25.5 Å². The van der Waals surface area contributed by atoms with Crippen LogP contribution in [0.1, 0.15) is 43.7 Å². The fourth-order valence-corrected chi connectivity index (χ4v) is 2.53. The number of benzene rings is 1. The molecule has 1 aromatic rings. The second-order valence-electron chi connectivity index (χ2n) is 6.36. The third-order valence-electron chi connectivity index (χ3n) is 3.99. The van der Waals surface area contributed by atoms with Gasteiger partial charge in [-0.3, -0.25) is 14.4 Å². The van der Waals surface area contributed by atoms with E-state index in [4.69, 9.17) is 0 Å². The van der Waals surface area contributed by atoms with Crippen LogP contribution in [0.4, 0.5) is 5.69 Å². The van der Waals surface area contributed by atoms with Crippen LogP contribution in [0.15, 0.2) is 18.2 Å². The molecule has 0 saturated carbocycles. The summed E-state index contributed by atoms with van der Waals surface area (Å²) in [7, 11) is 1.64. The van der Waals surface area contributed by atoms with Gasteiger partial charge in [-0.05, 0) is 37.8 Å². The van der Waals surface area contributed by atoms with Crippen LogP contribution in [0.3, 0.4) is 0 Å². The molecule has 1 aromatic carbocycles. The minimum Gasteiger partial charge on any atom is -0.356 e. The molecule has 2 N–H and O–H groups in total. The van der Waals surface area contributed by atoms with E-state index >= 15 is 0 Å². The summed E-state index contributed by atoms with van der Waals surface area (Å²) in [6.45, 7) is 6.05. The van der Waals surface area contributed by atoms with E-state index in [1.54, 1.807) is 7.05 Å². The Bertz CT molecular complexity index is 594. The zero-order chi connectivity index (χ0) is 18.8. The fraction of sp³-hybridized carbons (Fsp3) is 0.526. The van der Waals surface area contributed by atoms with Crippen molar-refractivity contribution in [2.45, 2.75) is 46.5 Å². The van der Waals surface area contributed by atoms with E-state index in [2.05, 4.69) is 10.6 Å². The van der Waals surface area contributed by atoms with Crippen LogP contribution >= 0.6 is 0 Å². The van der Waals surface area contributed by atoms with Crippen molar-refractivity contribution in [3.63, 3.8) is 0 Å². The van der Waals surface area contributed by atoms with Crippen molar-refractivity contribution in [2.24, 2.45) is 0 Å². The minimum atomic E-state index is -0.195. The monoisotopic (exact) mass is 347 g/mol. The highest BCUT2D eigenvalue weighted by molar-refractivity contribution is 5.95. The largest absolute Gasteiger partial charge is 0.356 e. The number of anilines is 1. The van der Waals surface area contributed by atoms with Crippen molar-refractivity contribution in [3.8, 4) is 0 Å². The molecule has 0 radical (unpaired) electrons. The number of carbonyl (C=O) groups is 3. The van der Waals surface area contributed by atoms with Crippen molar-refractivity contribution >= 4 is 23.4 Å². The number of nitrogens with zero attached hydrogens (tertiary/aromatic N) is 1. The van der Waals surface area contributed by atoms with Crippen molar-refractivity contribution in [1.82, 2.24) is 10.2 Å². The van der Waals surface area contributed by atoms with Crippen LogP contribution in [0.2, 0.25) is 0 Å². The molecule has 6 heteroatoms. The van der Waals surface area contributed by atoms with Gasteiger partial charge in [0, 0.05) is 32.6 Å². The van der Waals surface area contributed by atoms with Gasteiger partial charge < -0.3 is 15.5 Å². The summed E-state index contributed by atoms with van der Waals surface area (Å²) in [6, 6.07) is 5.83. The summed E-state index contributed by atoms with van der Waals surface area (Å²) in [4.78, 5) is 36.4. The van der Waals surface area contributed by atoms with Crippen molar-refractivity contribution in [1.29, 1.82) is 0 Å². The topological polar surface area (TPSA) is 78.5 Å². The quantitative estimate of drug-likeness (QED) is 0.673. The normalized spacial score (nSPS) is 10.2. The van der Waals surface area contributed by atoms with Crippen molar-refractivity contribution < 1.29 is 14.4 Å². The van der Waals surface area contributed by atoms with E-state index in [1.165, 1.54) is 11.8 Å². The standard InChI is InChI=1S/C19H29N3O3/c1-14-9-8-10-15(2)19(14)21-17(24)13-22(4)18(25)11-6-5-7-12-20-16(3)23/h8-10H,5-7,11-13H2,1-4H3,(H,20,23)(H,21,24). The zero-order valence-electron chi connectivity index (χ0n) is 15.6. The summed E-state index contributed by atoms with van der Waals surface area (Å²) in [6.07, 6.45) is 2.88. The van der Waals surface area contributed by atoms with Gasteiger partial charge in [0.2, 0.25) is 17.7 Å². The Kier molecular flexibility index (Phi) is 8.67. The maximum atomic E-state index is 12.2. The second-order valence-corrected chi connectivity index (χ2v) is 6.36. The van der Waals surface area contributed by atoms with Gasteiger partial charge in [0.15, 0.2) is 0 Å². The molecule has 3 amide bonds. The van der Waals surface area contributed by atoms with Crippen molar-refractivity contribution in [3.05, 3.63) is 29.3 Å². The number of hydrogen-bond donors (Lipinski definition) is 2. The summed E-state index contributed by atoms with van der Waals surface area (Å²) in [5.41, 5.74) is 2.81. The molecule has 0 fully saturated rings. The molecular weight excluding hydrogens is 318 g/mol. The van der Waals surface area contributed by atoms with E-state index in [0.29, 0.717) is 13.0 Å². The molecule has 1 rings (SSSR count). The highest BCUT2D eigenvalue weighted by atomic mass is 16.2. The predicted molar refractivity (Wildman–Crippen MR) is 99.3 cm³/mol. The van der Waals surface area contributed by atoms with Crippen LogP contribution < -0.4 is 10.6 Å². The first-order valence-corrected chi connectivity index (χ1v) is 8.65. The number of rotatable bonds is 9. The Morgan fingerprint density at radius 1 is 1.04 bits per heavy atom. The van der Waals surface area contributed by atoms with Gasteiger partial charge in [0.1, 0.15) is 0 Å². The third kappa shape index (κ3) is 7.83. The van der Waals surface area contributed by atoms with Crippen LogP contribution in [-0.2, 0) is 14.4 Å². The lowest BCUT2D eigenvalue weighted by molar-refractivity contribution is -0.133. The Balaban J connectivity index is 2.32. The highest BCUT2D eigenvalue weighted by Gasteiger charge is 2.14. The Morgan fingerprint density at radius 2 is 1.68 bits per heavy atom. The second kappa shape index (κ2) is 10.5. The van der Waals surface area contributed by atoms with E-state index in [9.17, 15) is 14.4 Å². The van der Waals surface area contributed by atoms with Crippen LogP contribution in [0.5, 0.6) is 0 Å². The summed E-state index contributed by atoms with van der Waals surface area (Å²) < 4.78 is 0. The Morgan fingerprint density at radius 3 is 2.28 bits per heavy atom. The maximum Gasteiger partial charge on any atom is 0.243 e. The molecule has 0 aliphatic heterocycles. The first-order chi connectivity index (χ1) is 11.8. The first-order valence-electron chi connectivity index (χ1n) is 8.65. The molecule has 0 aromatic heterocycles. The van der Waals surface area contributed by atoms with Gasteiger partial charge in [0.25, 0.3) is 0 Å². The zero-order valence-corrected chi connectivity index (χ0v) is 15.6. The molecule has 0 spiro atoms. The number of aryl methyl sites for hydroxylation is 2. The number of hydrogen-bond acceptors (Lipinski definition) is 3. The average molecular weight is 347 g/mol. The molecule has 0 aliphatic rings. The predicted octanol–water partition coefficient (Wildman–Crippen LogP) is 2.40. The summed E-state index contributed by atoms with van der Waals surface area (Å²) in [5, 5.41) is 5.61. The lowest BCUT2D eigenvalue weighted by Crippen LogP contribution is -2.35. The molecule has 25 heavy (non-hydrogen) atoms. The number of likely N-dealkylation sites (N-methyl/N-ethyl adjacent to an activating group) is 1. The molecule has 138 valence electrons. The Labute approximate surface area is 150 Å². The molecule has 0 saturated heterocycles. The fourth-order valence-electron chi connectivity index (χ4n) is 2.53. The summed E-state index contributed by atoms with van der Waals surface area (Å²) >= 11 is 0. The summed E-state index contributed by atoms with van der Waals surface area (Å²) in [5.74, 6) is -0.277. The maximum absolute atomic E-state index is 12.2. The van der Waals surface area contributed by atoms with Gasteiger partial charge in [-0.25, -0.2) is 0 Å². The number of carbonyl (C=O) groups excluding carboxylic acids is 3. The Hall–Kier alpha value is -2.37. The van der Waals surface area contributed by atoms with E-state index < -0.39 is 0 Å². The number of unbranched alkanes of at least 4 members (excludes halogenated alkanes) is 2. The van der Waals surface area contributed by atoms with Gasteiger partial charge in [-0.1, -0.05) is 24.6 Å².